The van der Waals surface area contributed by atoms with Crippen molar-refractivity contribution >= 4 is 28.2 Å². The molecule has 2 heterocycles. The van der Waals surface area contributed by atoms with E-state index in [1.54, 1.807) is 14.0 Å². The molecule has 7 heteroatoms. The van der Waals surface area contributed by atoms with Gasteiger partial charge in [0.15, 0.2) is 0 Å². The number of ether oxygens (including phenoxy) is 2. The molecule has 156 valence electrons. The smallest absolute Gasteiger partial charge is 0.341 e. The van der Waals surface area contributed by atoms with Crippen LogP contribution in [0.1, 0.15) is 35.7 Å². The Bertz CT molecular complexity index is 839. The number of carbonyl (C=O) groups excluding carboxylic acids is 2. The number of nitrogens with one attached hydrogen (secondary N) is 1. The molecule has 1 N–H and O–H groups in total. The summed E-state index contributed by atoms with van der Waals surface area (Å²) in [5.41, 5.74) is 3.28. The molecular formula is C22H28N2O4S. The lowest BCUT2D eigenvalue weighted by Gasteiger charge is -2.30. The SMILES string of the molecule is CCOC(=O)c1c(-c2ccc(C)cc2)csc1NC(=O)CN1CCC(OC)CC1. The molecule has 3 rings (SSSR count). The predicted octanol–water partition coefficient (Wildman–Crippen LogP) is 3.95. The summed E-state index contributed by atoms with van der Waals surface area (Å²) in [6, 6.07) is 7.96. The lowest BCUT2D eigenvalue weighted by atomic mass is 10.0. The first-order valence-corrected chi connectivity index (χ1v) is 10.8. The van der Waals surface area contributed by atoms with Crippen molar-refractivity contribution < 1.29 is 19.1 Å². The molecule has 29 heavy (non-hydrogen) atoms. The number of carbonyl (C=O) groups is 2. The molecule has 0 saturated carbocycles. The van der Waals surface area contributed by atoms with Gasteiger partial charge in [-0.05, 0) is 32.3 Å². The number of nitrogens with zero attached hydrogens (tertiary/aromatic N) is 1. The highest BCUT2D eigenvalue weighted by Crippen LogP contribution is 2.36. The molecule has 1 aromatic carbocycles. The molecule has 1 amide bonds. The van der Waals surface area contributed by atoms with E-state index < -0.39 is 5.97 Å². The molecule has 1 aromatic heterocycles. The molecule has 1 aliphatic heterocycles. The zero-order valence-corrected chi connectivity index (χ0v) is 18.0. The zero-order chi connectivity index (χ0) is 20.8. The van der Waals surface area contributed by atoms with Crippen molar-refractivity contribution in [2.45, 2.75) is 32.8 Å². The molecule has 1 fully saturated rings. The van der Waals surface area contributed by atoms with E-state index in [-0.39, 0.29) is 18.6 Å². The van der Waals surface area contributed by atoms with Gasteiger partial charge in [-0.15, -0.1) is 11.3 Å². The average Bonchev–Trinajstić information content (AvgIpc) is 3.12. The van der Waals surface area contributed by atoms with Gasteiger partial charge in [0.25, 0.3) is 0 Å². The minimum Gasteiger partial charge on any atom is -0.462 e. The number of rotatable bonds is 7. The second-order valence-electron chi connectivity index (χ2n) is 7.20. The van der Waals surface area contributed by atoms with Gasteiger partial charge in [0, 0.05) is 31.1 Å². The van der Waals surface area contributed by atoms with E-state index >= 15 is 0 Å². The molecule has 0 radical (unpaired) electrons. The molecular weight excluding hydrogens is 388 g/mol. The maximum atomic E-state index is 12.6. The standard InChI is InChI=1S/C22H28N2O4S/c1-4-28-22(26)20-18(16-7-5-15(2)6-8-16)14-29-21(20)23-19(25)13-24-11-9-17(27-3)10-12-24/h5-8,14,17H,4,9-13H2,1-3H3,(H,23,25). The molecule has 6 nitrogen and oxygen atoms in total. The van der Waals surface area contributed by atoms with Crippen LogP contribution in [-0.2, 0) is 14.3 Å². The van der Waals surface area contributed by atoms with Crippen molar-refractivity contribution in [3.05, 3.63) is 40.8 Å². The molecule has 0 aliphatic carbocycles. The summed E-state index contributed by atoms with van der Waals surface area (Å²) in [5, 5.41) is 5.37. The van der Waals surface area contributed by atoms with E-state index in [4.69, 9.17) is 9.47 Å². The fraction of sp³-hybridized carbons (Fsp3) is 0.455. The first-order valence-electron chi connectivity index (χ1n) is 9.92. The van der Waals surface area contributed by atoms with Crippen molar-refractivity contribution in [1.82, 2.24) is 4.90 Å². The maximum Gasteiger partial charge on any atom is 0.341 e. The molecule has 0 spiro atoms. The number of likely N-dealkylation sites (tertiary alicyclic amines) is 1. The monoisotopic (exact) mass is 416 g/mol. The third-order valence-corrected chi connectivity index (χ3v) is 6.02. The molecule has 1 aliphatic rings. The number of benzene rings is 1. The number of hydrogen-bond donors (Lipinski definition) is 1. The highest BCUT2D eigenvalue weighted by Gasteiger charge is 2.24. The highest BCUT2D eigenvalue weighted by molar-refractivity contribution is 7.15. The Kier molecular flexibility index (Phi) is 7.41. The minimum absolute atomic E-state index is 0.122. The third kappa shape index (κ3) is 5.44. The number of esters is 1. The Labute approximate surface area is 175 Å². The maximum absolute atomic E-state index is 12.6. The van der Waals surface area contributed by atoms with Crippen LogP contribution in [0.5, 0.6) is 0 Å². The van der Waals surface area contributed by atoms with Gasteiger partial charge in [0.05, 0.1) is 19.3 Å². The van der Waals surface area contributed by atoms with Crippen molar-refractivity contribution in [2.24, 2.45) is 0 Å². The zero-order valence-electron chi connectivity index (χ0n) is 17.2. The van der Waals surface area contributed by atoms with Gasteiger partial charge in [0.1, 0.15) is 10.6 Å². The number of thiophene rings is 1. The summed E-state index contributed by atoms with van der Waals surface area (Å²) < 4.78 is 10.6. The van der Waals surface area contributed by atoms with Crippen LogP contribution in [0, 0.1) is 6.92 Å². The summed E-state index contributed by atoms with van der Waals surface area (Å²) in [7, 11) is 1.73. The molecule has 0 bridgehead atoms. The molecule has 1 saturated heterocycles. The van der Waals surface area contributed by atoms with Gasteiger partial charge in [-0.2, -0.15) is 0 Å². The van der Waals surface area contributed by atoms with Crippen molar-refractivity contribution in [3.8, 4) is 11.1 Å². The van der Waals surface area contributed by atoms with Crippen LogP contribution < -0.4 is 5.32 Å². The van der Waals surface area contributed by atoms with E-state index in [0.717, 1.165) is 42.6 Å². The van der Waals surface area contributed by atoms with E-state index in [1.807, 2.05) is 36.6 Å². The second-order valence-corrected chi connectivity index (χ2v) is 8.08. The van der Waals surface area contributed by atoms with Crippen LogP contribution in [0.2, 0.25) is 0 Å². The number of methoxy groups -OCH3 is 1. The van der Waals surface area contributed by atoms with Gasteiger partial charge in [0.2, 0.25) is 5.91 Å². The fourth-order valence-electron chi connectivity index (χ4n) is 3.47. The Morgan fingerprint density at radius 3 is 2.52 bits per heavy atom. The molecule has 0 atom stereocenters. The number of anilines is 1. The van der Waals surface area contributed by atoms with E-state index in [2.05, 4.69) is 10.2 Å². The predicted molar refractivity (Wildman–Crippen MR) is 116 cm³/mol. The van der Waals surface area contributed by atoms with Crippen LogP contribution in [0.25, 0.3) is 11.1 Å². The summed E-state index contributed by atoms with van der Waals surface area (Å²) >= 11 is 1.35. The van der Waals surface area contributed by atoms with E-state index in [1.165, 1.54) is 11.3 Å². The number of piperidine rings is 1. The molecule has 0 unspecified atom stereocenters. The molecule has 2 aromatic rings. The van der Waals surface area contributed by atoms with Crippen LogP contribution in [-0.4, -0.2) is 56.2 Å². The van der Waals surface area contributed by atoms with Crippen LogP contribution in [0.15, 0.2) is 29.6 Å². The number of hydrogen-bond acceptors (Lipinski definition) is 6. The van der Waals surface area contributed by atoms with Crippen LogP contribution in [0.3, 0.4) is 0 Å². The summed E-state index contributed by atoms with van der Waals surface area (Å²) in [6.45, 7) is 6.04. The first kappa shape index (κ1) is 21.5. The number of aryl methyl sites for hydroxylation is 1. The van der Waals surface area contributed by atoms with Crippen LogP contribution in [0.4, 0.5) is 5.00 Å². The van der Waals surface area contributed by atoms with Gasteiger partial charge in [-0.3, -0.25) is 9.69 Å². The average molecular weight is 417 g/mol. The lowest BCUT2D eigenvalue weighted by Crippen LogP contribution is -2.41. The van der Waals surface area contributed by atoms with Crippen LogP contribution >= 0.6 is 11.3 Å². The summed E-state index contributed by atoms with van der Waals surface area (Å²) in [6.07, 6.45) is 2.13. The second kappa shape index (κ2) is 10.0. The largest absolute Gasteiger partial charge is 0.462 e. The summed E-state index contributed by atoms with van der Waals surface area (Å²) in [5.74, 6) is -0.538. The number of amides is 1. The highest BCUT2D eigenvalue weighted by atomic mass is 32.1. The Balaban J connectivity index is 1.75. The van der Waals surface area contributed by atoms with Gasteiger partial charge in [-0.1, -0.05) is 29.8 Å². The van der Waals surface area contributed by atoms with Crippen molar-refractivity contribution in [2.75, 3.05) is 38.7 Å². The van der Waals surface area contributed by atoms with Crippen molar-refractivity contribution in [1.29, 1.82) is 0 Å². The first-order chi connectivity index (χ1) is 14.0. The van der Waals surface area contributed by atoms with Gasteiger partial charge < -0.3 is 14.8 Å². The fourth-order valence-corrected chi connectivity index (χ4v) is 4.45. The summed E-state index contributed by atoms with van der Waals surface area (Å²) in [4.78, 5) is 27.4. The topological polar surface area (TPSA) is 67.9 Å². The van der Waals surface area contributed by atoms with E-state index in [9.17, 15) is 9.59 Å². The third-order valence-electron chi connectivity index (χ3n) is 5.12. The van der Waals surface area contributed by atoms with Crippen molar-refractivity contribution in [3.63, 3.8) is 0 Å². The van der Waals surface area contributed by atoms with Gasteiger partial charge in [-0.25, -0.2) is 4.79 Å². The quantitative estimate of drug-likeness (QED) is 0.692. The Morgan fingerprint density at radius 2 is 1.90 bits per heavy atom. The minimum atomic E-state index is -0.416. The Morgan fingerprint density at radius 1 is 1.21 bits per heavy atom. The van der Waals surface area contributed by atoms with E-state index in [0.29, 0.717) is 17.1 Å². The normalized spacial score (nSPS) is 15.3. The Hall–Kier alpha value is -2.22. The van der Waals surface area contributed by atoms with Gasteiger partial charge >= 0.3 is 5.97 Å². The lowest BCUT2D eigenvalue weighted by molar-refractivity contribution is -0.117.